The first-order valence-corrected chi connectivity index (χ1v) is 10.7. The highest BCUT2D eigenvalue weighted by atomic mass is 32.2. The predicted molar refractivity (Wildman–Crippen MR) is 96.1 cm³/mol. The summed E-state index contributed by atoms with van der Waals surface area (Å²) in [7, 11) is -2.98. The molecule has 1 N–H and O–H groups in total. The van der Waals surface area contributed by atoms with Crippen molar-refractivity contribution in [3.8, 4) is 11.3 Å². The van der Waals surface area contributed by atoms with Crippen molar-refractivity contribution in [2.45, 2.75) is 12.8 Å². The number of rotatable bonds is 6. The van der Waals surface area contributed by atoms with Gasteiger partial charge in [0.05, 0.1) is 17.6 Å². The fourth-order valence-electron chi connectivity index (χ4n) is 2.90. The number of hydrogen-bond acceptors (Lipinski definition) is 6. The number of nitrogens with one attached hydrogen (secondary N) is 1. The lowest BCUT2D eigenvalue weighted by atomic mass is 10.1. The Labute approximate surface area is 148 Å². The molecule has 0 bridgehead atoms. The van der Waals surface area contributed by atoms with Gasteiger partial charge in [-0.2, -0.15) is 0 Å². The van der Waals surface area contributed by atoms with Crippen LogP contribution in [0, 0.1) is 11.2 Å². The molecular formula is C16H17FN4O2S2. The Balaban J connectivity index is 1.47. The van der Waals surface area contributed by atoms with Crippen LogP contribution in [0.25, 0.3) is 16.2 Å². The van der Waals surface area contributed by atoms with Gasteiger partial charge in [0.1, 0.15) is 15.7 Å². The summed E-state index contributed by atoms with van der Waals surface area (Å²) in [5.41, 5.74) is 1.42. The van der Waals surface area contributed by atoms with E-state index in [1.165, 1.54) is 29.7 Å². The monoisotopic (exact) mass is 380 g/mol. The smallest absolute Gasteiger partial charge is 0.214 e. The Morgan fingerprint density at radius 1 is 1.32 bits per heavy atom. The Morgan fingerprint density at radius 2 is 2.04 bits per heavy atom. The second-order valence-electron chi connectivity index (χ2n) is 6.69. The molecule has 9 heteroatoms. The zero-order valence-corrected chi connectivity index (χ0v) is 15.2. The first-order chi connectivity index (χ1) is 11.8. The molecule has 0 unspecified atom stereocenters. The zero-order valence-electron chi connectivity index (χ0n) is 13.6. The van der Waals surface area contributed by atoms with Crippen LogP contribution in [0.15, 0.2) is 30.5 Å². The van der Waals surface area contributed by atoms with Crippen molar-refractivity contribution >= 4 is 31.3 Å². The number of nitrogens with zero attached hydrogens (tertiary/aromatic N) is 3. The molecule has 0 amide bonds. The van der Waals surface area contributed by atoms with Crippen molar-refractivity contribution in [3.05, 3.63) is 36.3 Å². The van der Waals surface area contributed by atoms with Crippen LogP contribution in [0.4, 0.5) is 9.52 Å². The molecule has 132 valence electrons. The summed E-state index contributed by atoms with van der Waals surface area (Å²) in [4.78, 5) is 5.24. The van der Waals surface area contributed by atoms with Crippen LogP contribution in [0.3, 0.4) is 0 Å². The number of anilines is 1. The average molecular weight is 380 g/mol. The highest BCUT2D eigenvalue weighted by molar-refractivity contribution is 7.90. The van der Waals surface area contributed by atoms with Crippen LogP contribution in [-0.4, -0.2) is 41.6 Å². The standard InChI is InChI=1S/C16H17FN4O2S2/c1-25(22,23)10-16(6-7-16)9-18-14-20-21-8-13(19-15(21)24-14)11-2-4-12(17)5-3-11/h2-5,8H,6-7,9-10H2,1H3,(H,18,20). The quantitative estimate of drug-likeness (QED) is 0.712. The second kappa shape index (κ2) is 5.77. The van der Waals surface area contributed by atoms with E-state index in [-0.39, 0.29) is 17.0 Å². The molecule has 25 heavy (non-hydrogen) atoms. The molecule has 1 aromatic carbocycles. The molecule has 2 heterocycles. The summed E-state index contributed by atoms with van der Waals surface area (Å²) in [5.74, 6) is -0.0676. The van der Waals surface area contributed by atoms with Crippen molar-refractivity contribution in [1.82, 2.24) is 14.6 Å². The molecule has 0 aliphatic heterocycles. The van der Waals surface area contributed by atoms with E-state index in [2.05, 4.69) is 15.4 Å². The molecule has 1 fully saturated rings. The average Bonchev–Trinajstić information content (AvgIpc) is 2.99. The van der Waals surface area contributed by atoms with Crippen molar-refractivity contribution in [2.75, 3.05) is 23.9 Å². The number of fused-ring (bicyclic) bond motifs is 1. The Kier molecular flexibility index (Phi) is 3.80. The van der Waals surface area contributed by atoms with Crippen molar-refractivity contribution in [1.29, 1.82) is 0 Å². The second-order valence-corrected chi connectivity index (χ2v) is 9.79. The van der Waals surface area contributed by atoms with Gasteiger partial charge in [-0.25, -0.2) is 22.3 Å². The topological polar surface area (TPSA) is 76.4 Å². The molecule has 1 aliphatic rings. The fraction of sp³-hybridized carbons (Fsp3) is 0.375. The first kappa shape index (κ1) is 16.5. The van der Waals surface area contributed by atoms with Crippen molar-refractivity contribution in [3.63, 3.8) is 0 Å². The summed E-state index contributed by atoms with van der Waals surface area (Å²) in [5, 5.41) is 8.40. The molecule has 1 saturated carbocycles. The first-order valence-electron chi connectivity index (χ1n) is 7.86. The van der Waals surface area contributed by atoms with Crippen LogP contribution in [0.5, 0.6) is 0 Å². The van der Waals surface area contributed by atoms with Gasteiger partial charge in [-0.3, -0.25) is 0 Å². The summed E-state index contributed by atoms with van der Waals surface area (Å²) in [6.07, 6.45) is 4.92. The van der Waals surface area contributed by atoms with Gasteiger partial charge in [-0.1, -0.05) is 11.3 Å². The van der Waals surface area contributed by atoms with Crippen LogP contribution in [-0.2, 0) is 9.84 Å². The van der Waals surface area contributed by atoms with E-state index >= 15 is 0 Å². The molecule has 4 rings (SSSR count). The lowest BCUT2D eigenvalue weighted by molar-refractivity contribution is 0.560. The third-order valence-corrected chi connectivity index (χ3v) is 6.34. The molecule has 6 nitrogen and oxygen atoms in total. The molecule has 3 aromatic rings. The molecule has 0 atom stereocenters. The summed E-state index contributed by atoms with van der Waals surface area (Å²) >= 11 is 1.41. The van der Waals surface area contributed by atoms with Crippen LogP contribution >= 0.6 is 11.3 Å². The van der Waals surface area contributed by atoms with Gasteiger partial charge in [-0.15, -0.1) is 5.10 Å². The minimum Gasteiger partial charge on any atom is -0.359 e. The normalized spacial score (nSPS) is 16.2. The highest BCUT2D eigenvalue weighted by Crippen LogP contribution is 2.46. The van der Waals surface area contributed by atoms with Crippen molar-refractivity contribution in [2.24, 2.45) is 5.41 Å². The van der Waals surface area contributed by atoms with E-state index in [1.807, 2.05) is 0 Å². The van der Waals surface area contributed by atoms with E-state index in [0.29, 0.717) is 11.7 Å². The van der Waals surface area contributed by atoms with Gasteiger partial charge in [0.2, 0.25) is 10.1 Å². The van der Waals surface area contributed by atoms with E-state index in [1.54, 1.807) is 22.8 Å². The number of sulfone groups is 1. The van der Waals surface area contributed by atoms with E-state index in [9.17, 15) is 12.8 Å². The molecule has 2 aromatic heterocycles. The number of halogens is 1. The maximum absolute atomic E-state index is 13.0. The van der Waals surface area contributed by atoms with E-state index in [4.69, 9.17) is 0 Å². The fourth-order valence-corrected chi connectivity index (χ4v) is 5.18. The minimum atomic E-state index is -2.98. The molecule has 0 spiro atoms. The molecule has 0 radical (unpaired) electrons. The Hall–Kier alpha value is -2.00. The van der Waals surface area contributed by atoms with Gasteiger partial charge in [0.15, 0.2) is 0 Å². The van der Waals surface area contributed by atoms with Gasteiger partial charge < -0.3 is 5.32 Å². The zero-order chi connectivity index (χ0) is 17.7. The Bertz CT molecular complexity index is 989. The third kappa shape index (κ3) is 3.67. The lowest BCUT2D eigenvalue weighted by Gasteiger charge is -2.13. The van der Waals surface area contributed by atoms with Gasteiger partial charge in [0, 0.05) is 23.8 Å². The Morgan fingerprint density at radius 3 is 2.64 bits per heavy atom. The third-order valence-electron chi connectivity index (χ3n) is 4.32. The largest absolute Gasteiger partial charge is 0.359 e. The predicted octanol–water partition coefficient (Wildman–Crippen LogP) is 2.83. The maximum atomic E-state index is 13.0. The number of aromatic nitrogens is 3. The summed E-state index contributed by atoms with van der Waals surface area (Å²) in [6, 6.07) is 6.17. The molecule has 0 saturated heterocycles. The molecular weight excluding hydrogens is 363 g/mol. The minimum absolute atomic E-state index is 0.152. The number of hydrogen-bond donors (Lipinski definition) is 1. The summed E-state index contributed by atoms with van der Waals surface area (Å²) < 4.78 is 37.7. The maximum Gasteiger partial charge on any atom is 0.214 e. The van der Waals surface area contributed by atoms with Gasteiger partial charge in [0.25, 0.3) is 0 Å². The van der Waals surface area contributed by atoms with Crippen molar-refractivity contribution < 1.29 is 12.8 Å². The number of benzene rings is 1. The van der Waals surface area contributed by atoms with Crippen LogP contribution in [0.1, 0.15) is 12.8 Å². The van der Waals surface area contributed by atoms with Gasteiger partial charge >= 0.3 is 0 Å². The van der Waals surface area contributed by atoms with Gasteiger partial charge in [-0.05, 0) is 37.1 Å². The highest BCUT2D eigenvalue weighted by Gasteiger charge is 2.45. The van der Waals surface area contributed by atoms with E-state index < -0.39 is 9.84 Å². The number of imidazole rings is 1. The lowest BCUT2D eigenvalue weighted by Crippen LogP contribution is -2.24. The van der Waals surface area contributed by atoms with Crippen LogP contribution in [0.2, 0.25) is 0 Å². The molecule has 1 aliphatic carbocycles. The van der Waals surface area contributed by atoms with Crippen LogP contribution < -0.4 is 5.32 Å². The van der Waals surface area contributed by atoms with E-state index in [0.717, 1.165) is 29.1 Å². The summed E-state index contributed by atoms with van der Waals surface area (Å²) in [6.45, 7) is 0.599. The SMILES string of the molecule is CS(=O)(=O)CC1(CNc2nn3cc(-c4ccc(F)cc4)nc3s2)CC1.